The van der Waals surface area contributed by atoms with Gasteiger partial charge in [0.2, 0.25) is 0 Å². The maximum absolute atomic E-state index is 12.5. The molecule has 0 aliphatic heterocycles. The number of ether oxygens (including phenoxy) is 1. The number of hydrogen-bond acceptors (Lipinski definition) is 4. The zero-order valence-electron chi connectivity index (χ0n) is 17.2. The molecule has 1 heterocycles. The lowest BCUT2D eigenvalue weighted by atomic mass is 9.85. The van der Waals surface area contributed by atoms with Crippen molar-refractivity contribution in [3.8, 4) is 11.1 Å². The molecule has 31 heavy (non-hydrogen) atoms. The van der Waals surface area contributed by atoms with Gasteiger partial charge in [-0.3, -0.25) is 4.79 Å². The highest BCUT2D eigenvalue weighted by atomic mass is 16.5. The number of hydrogen-bond donors (Lipinski definition) is 2. The predicted octanol–water partition coefficient (Wildman–Crippen LogP) is 4.33. The third kappa shape index (κ3) is 3.98. The van der Waals surface area contributed by atoms with Crippen LogP contribution in [0, 0.1) is 0 Å². The van der Waals surface area contributed by atoms with Crippen LogP contribution in [0.3, 0.4) is 0 Å². The Morgan fingerprint density at radius 1 is 0.968 bits per heavy atom. The van der Waals surface area contributed by atoms with Crippen molar-refractivity contribution in [1.82, 2.24) is 15.3 Å². The van der Waals surface area contributed by atoms with Crippen molar-refractivity contribution in [2.75, 3.05) is 6.61 Å². The lowest BCUT2D eigenvalue weighted by molar-refractivity contribution is 0.135. The second kappa shape index (κ2) is 8.38. The first-order chi connectivity index (χ1) is 15.2. The molecule has 1 saturated carbocycles. The van der Waals surface area contributed by atoms with Gasteiger partial charge in [0, 0.05) is 30.1 Å². The van der Waals surface area contributed by atoms with E-state index >= 15 is 0 Å². The third-order valence-electron chi connectivity index (χ3n) is 6.47. The van der Waals surface area contributed by atoms with Crippen molar-refractivity contribution in [3.63, 3.8) is 0 Å². The van der Waals surface area contributed by atoms with E-state index in [4.69, 9.17) is 4.74 Å². The molecule has 0 radical (unpaired) electrons. The van der Waals surface area contributed by atoms with Gasteiger partial charge in [-0.15, -0.1) is 0 Å². The number of nitrogens with one attached hydrogen (secondary N) is 2. The molecule has 0 saturated heterocycles. The molecule has 2 aliphatic carbocycles. The van der Waals surface area contributed by atoms with Gasteiger partial charge in [-0.05, 0) is 47.9 Å². The van der Waals surface area contributed by atoms with Crippen LogP contribution in [-0.4, -0.2) is 28.7 Å². The van der Waals surface area contributed by atoms with Gasteiger partial charge in [0.25, 0.3) is 5.56 Å². The molecule has 3 aromatic rings. The highest BCUT2D eigenvalue weighted by molar-refractivity contribution is 5.79. The van der Waals surface area contributed by atoms with Crippen LogP contribution in [0.2, 0.25) is 0 Å². The second-order valence-corrected chi connectivity index (χ2v) is 8.34. The van der Waals surface area contributed by atoms with Crippen LogP contribution in [-0.2, 0) is 4.74 Å². The standard InChI is InChI=1S/C25H25N3O3/c29-23-13-14-26-24(28-23)16-9-11-17(12-10-16)27-25(30)31-15-22-20-7-3-1-5-18(20)19-6-2-4-8-21(19)22/h1-8,13-14,16-17,22H,9-12,15H2,(H,27,30)(H,26,28,29). The number of fused-ring (bicyclic) bond motifs is 3. The molecule has 1 aromatic heterocycles. The summed E-state index contributed by atoms with van der Waals surface area (Å²) in [7, 11) is 0. The van der Waals surface area contributed by atoms with Crippen molar-refractivity contribution in [3.05, 3.63) is 88.1 Å². The van der Waals surface area contributed by atoms with Gasteiger partial charge >= 0.3 is 6.09 Å². The largest absolute Gasteiger partial charge is 0.449 e. The molecule has 0 unspecified atom stereocenters. The van der Waals surface area contributed by atoms with E-state index in [2.05, 4.69) is 39.6 Å². The number of alkyl carbamates (subject to hydrolysis) is 1. The van der Waals surface area contributed by atoms with Crippen LogP contribution in [0.25, 0.3) is 11.1 Å². The van der Waals surface area contributed by atoms with Crippen molar-refractivity contribution < 1.29 is 9.53 Å². The van der Waals surface area contributed by atoms with E-state index in [9.17, 15) is 9.59 Å². The van der Waals surface area contributed by atoms with Crippen LogP contribution < -0.4 is 10.9 Å². The molecule has 2 aliphatic rings. The minimum absolute atomic E-state index is 0.0647. The summed E-state index contributed by atoms with van der Waals surface area (Å²) >= 11 is 0. The Morgan fingerprint density at radius 3 is 2.26 bits per heavy atom. The first-order valence-electron chi connectivity index (χ1n) is 10.9. The minimum Gasteiger partial charge on any atom is -0.449 e. The highest BCUT2D eigenvalue weighted by Gasteiger charge is 2.30. The van der Waals surface area contributed by atoms with Gasteiger partial charge in [-0.2, -0.15) is 0 Å². The molecule has 158 valence electrons. The average molecular weight is 415 g/mol. The van der Waals surface area contributed by atoms with Gasteiger partial charge in [-0.25, -0.2) is 9.78 Å². The summed E-state index contributed by atoms with van der Waals surface area (Å²) in [6.07, 6.45) is 4.62. The Morgan fingerprint density at radius 2 is 1.61 bits per heavy atom. The van der Waals surface area contributed by atoms with Gasteiger partial charge < -0.3 is 15.0 Å². The molecule has 0 atom stereocenters. The van der Waals surface area contributed by atoms with Crippen LogP contribution in [0.1, 0.15) is 54.5 Å². The Hall–Kier alpha value is -3.41. The number of carbonyl (C=O) groups is 1. The number of amides is 1. The maximum atomic E-state index is 12.5. The fraction of sp³-hybridized carbons (Fsp3) is 0.320. The lowest BCUT2D eigenvalue weighted by Gasteiger charge is -2.28. The third-order valence-corrected chi connectivity index (χ3v) is 6.47. The Labute approximate surface area is 180 Å². The van der Waals surface area contributed by atoms with Crippen molar-refractivity contribution in [2.45, 2.75) is 43.6 Å². The number of aromatic amines is 1. The van der Waals surface area contributed by atoms with Crippen molar-refractivity contribution in [2.24, 2.45) is 0 Å². The molecular weight excluding hydrogens is 390 g/mol. The van der Waals surface area contributed by atoms with E-state index in [1.54, 1.807) is 6.20 Å². The van der Waals surface area contributed by atoms with Gasteiger partial charge in [-0.1, -0.05) is 48.5 Å². The average Bonchev–Trinajstić information content (AvgIpc) is 3.12. The number of benzene rings is 2. The summed E-state index contributed by atoms with van der Waals surface area (Å²) in [6, 6.07) is 18.1. The second-order valence-electron chi connectivity index (χ2n) is 8.34. The smallest absolute Gasteiger partial charge is 0.407 e. The quantitative estimate of drug-likeness (QED) is 0.664. The Kier molecular flexibility index (Phi) is 5.28. The molecule has 0 spiro atoms. The fourth-order valence-electron chi connectivity index (χ4n) is 4.91. The molecule has 2 aromatic carbocycles. The van der Waals surface area contributed by atoms with E-state index in [1.165, 1.54) is 28.3 Å². The number of H-pyrrole nitrogens is 1. The fourth-order valence-corrected chi connectivity index (χ4v) is 4.91. The molecular formula is C25H25N3O3. The number of nitrogens with zero attached hydrogens (tertiary/aromatic N) is 1. The number of carbonyl (C=O) groups excluding carboxylic acids is 1. The molecule has 0 bridgehead atoms. The summed E-state index contributed by atoms with van der Waals surface area (Å²) in [5.41, 5.74) is 4.74. The van der Waals surface area contributed by atoms with E-state index in [0.29, 0.717) is 6.61 Å². The van der Waals surface area contributed by atoms with Gasteiger partial charge in [0.05, 0.1) is 0 Å². The molecule has 2 N–H and O–H groups in total. The number of aromatic nitrogens is 2. The zero-order chi connectivity index (χ0) is 21.2. The Balaban J connectivity index is 1.17. The van der Waals surface area contributed by atoms with E-state index < -0.39 is 0 Å². The van der Waals surface area contributed by atoms with Crippen molar-refractivity contribution in [1.29, 1.82) is 0 Å². The lowest BCUT2D eigenvalue weighted by Crippen LogP contribution is -2.38. The summed E-state index contributed by atoms with van der Waals surface area (Å²) < 4.78 is 5.66. The minimum atomic E-state index is -0.364. The number of rotatable bonds is 4. The molecule has 1 fully saturated rings. The zero-order valence-corrected chi connectivity index (χ0v) is 17.2. The topological polar surface area (TPSA) is 84.1 Å². The van der Waals surface area contributed by atoms with E-state index in [0.717, 1.165) is 31.5 Å². The normalized spacial score (nSPS) is 20.0. The van der Waals surface area contributed by atoms with Crippen LogP contribution in [0.5, 0.6) is 0 Å². The molecule has 5 rings (SSSR count). The molecule has 1 amide bonds. The highest BCUT2D eigenvalue weighted by Crippen LogP contribution is 2.44. The maximum Gasteiger partial charge on any atom is 0.407 e. The van der Waals surface area contributed by atoms with E-state index in [1.807, 2.05) is 24.3 Å². The van der Waals surface area contributed by atoms with Crippen molar-refractivity contribution >= 4 is 6.09 Å². The summed E-state index contributed by atoms with van der Waals surface area (Å²) in [4.78, 5) is 31.1. The van der Waals surface area contributed by atoms with Crippen LogP contribution >= 0.6 is 0 Å². The van der Waals surface area contributed by atoms with Crippen LogP contribution in [0.15, 0.2) is 65.6 Å². The predicted molar refractivity (Wildman–Crippen MR) is 118 cm³/mol. The molecule has 6 nitrogen and oxygen atoms in total. The first-order valence-corrected chi connectivity index (χ1v) is 10.9. The first kappa shape index (κ1) is 19.5. The molecule has 6 heteroatoms. The Bertz CT molecular complexity index is 1100. The summed E-state index contributed by atoms with van der Waals surface area (Å²) in [5, 5.41) is 3.02. The monoisotopic (exact) mass is 415 g/mol. The van der Waals surface area contributed by atoms with Crippen LogP contribution in [0.4, 0.5) is 4.79 Å². The summed E-state index contributed by atoms with van der Waals surface area (Å²) in [5.74, 6) is 1.04. The SMILES string of the molecule is O=C(NC1CCC(c2nccc(=O)[nH]2)CC1)OCC1c2ccccc2-c2ccccc21. The summed E-state index contributed by atoms with van der Waals surface area (Å²) in [6.45, 7) is 0.324. The van der Waals surface area contributed by atoms with Gasteiger partial charge in [0.15, 0.2) is 0 Å². The van der Waals surface area contributed by atoms with E-state index in [-0.39, 0.29) is 29.5 Å². The van der Waals surface area contributed by atoms with Gasteiger partial charge in [0.1, 0.15) is 12.4 Å².